The van der Waals surface area contributed by atoms with Crippen molar-refractivity contribution in [2.24, 2.45) is 11.3 Å². The highest BCUT2D eigenvalue weighted by molar-refractivity contribution is 6.01. The summed E-state index contributed by atoms with van der Waals surface area (Å²) in [6.45, 7) is 4.50. The van der Waals surface area contributed by atoms with Gasteiger partial charge < -0.3 is 4.74 Å². The molecule has 0 N–H and O–H groups in total. The van der Waals surface area contributed by atoms with Crippen molar-refractivity contribution in [1.82, 2.24) is 14.8 Å². The van der Waals surface area contributed by atoms with E-state index in [1.54, 1.807) is 4.68 Å². The zero-order valence-corrected chi connectivity index (χ0v) is 14.3. The molecule has 130 valence electrons. The molecule has 0 radical (unpaired) electrons. The van der Waals surface area contributed by atoms with Crippen molar-refractivity contribution in [2.45, 2.75) is 44.5 Å². The molecule has 5 nitrogen and oxygen atoms in total. The van der Waals surface area contributed by atoms with Crippen LogP contribution in [0.25, 0.3) is 0 Å². The lowest BCUT2D eigenvalue weighted by molar-refractivity contribution is -0.0175. The first-order valence-electron chi connectivity index (χ1n) is 8.78. The van der Waals surface area contributed by atoms with E-state index in [-0.39, 0.29) is 29.4 Å². The highest BCUT2D eigenvalue weighted by atomic mass is 19.1. The monoisotopic (exact) mass is 341 g/mol. The molecule has 0 bridgehead atoms. The minimum absolute atomic E-state index is 0.0964. The average molecular weight is 341 g/mol. The summed E-state index contributed by atoms with van der Waals surface area (Å²) in [4.78, 5) is 17.4. The molecule has 6 heteroatoms. The van der Waals surface area contributed by atoms with Crippen molar-refractivity contribution in [3.8, 4) is 0 Å². The molecule has 1 aromatic carbocycles. The Morgan fingerprint density at radius 2 is 2.08 bits per heavy atom. The Balaban J connectivity index is 1.52. The molecule has 2 aromatic rings. The van der Waals surface area contributed by atoms with Crippen LogP contribution in [0.15, 0.2) is 30.3 Å². The summed E-state index contributed by atoms with van der Waals surface area (Å²) in [6.07, 6.45) is -0.0698. The van der Waals surface area contributed by atoms with Gasteiger partial charge in [-0.15, -0.1) is 5.10 Å². The van der Waals surface area contributed by atoms with Gasteiger partial charge in [0.1, 0.15) is 0 Å². The minimum atomic E-state index is -1.19. The van der Waals surface area contributed by atoms with Crippen LogP contribution >= 0.6 is 0 Å². The Hall–Kier alpha value is -2.08. The SMILES string of the molecule is CC1(C)OCC2CC21C(=O)c1nc2n(n1)C(c1ccccc1)CC2F. The van der Waals surface area contributed by atoms with E-state index in [1.807, 2.05) is 44.2 Å². The van der Waals surface area contributed by atoms with Crippen molar-refractivity contribution in [3.63, 3.8) is 0 Å². The molecule has 3 heterocycles. The van der Waals surface area contributed by atoms with Gasteiger partial charge in [0.15, 0.2) is 12.0 Å². The number of carbonyl (C=O) groups excluding carboxylic acids is 1. The van der Waals surface area contributed by atoms with Gasteiger partial charge in [-0.05, 0) is 31.7 Å². The normalized spacial score (nSPS) is 34.6. The summed E-state index contributed by atoms with van der Waals surface area (Å²) < 4.78 is 21.9. The van der Waals surface area contributed by atoms with Crippen LogP contribution in [0.2, 0.25) is 0 Å². The summed E-state index contributed by atoms with van der Waals surface area (Å²) in [5, 5.41) is 4.44. The molecule has 2 aliphatic heterocycles. The Bertz CT molecular complexity index is 863. The molecule has 1 aromatic heterocycles. The number of ketones is 1. The third-order valence-electron chi connectivity index (χ3n) is 6.28. The molecule has 2 fully saturated rings. The van der Waals surface area contributed by atoms with Crippen LogP contribution in [0.3, 0.4) is 0 Å². The molecule has 5 rings (SSSR count). The predicted octanol–water partition coefficient (Wildman–Crippen LogP) is 3.28. The van der Waals surface area contributed by atoms with Gasteiger partial charge in [0.2, 0.25) is 11.6 Å². The molecule has 3 aliphatic rings. The van der Waals surface area contributed by atoms with E-state index < -0.39 is 17.2 Å². The fourth-order valence-electron chi connectivity index (χ4n) is 4.69. The summed E-state index contributed by atoms with van der Waals surface area (Å²) in [7, 11) is 0. The number of fused-ring (bicyclic) bond motifs is 2. The maximum absolute atomic E-state index is 14.5. The van der Waals surface area contributed by atoms with E-state index >= 15 is 0 Å². The van der Waals surface area contributed by atoms with E-state index in [0.29, 0.717) is 13.0 Å². The van der Waals surface area contributed by atoms with Gasteiger partial charge in [0, 0.05) is 6.42 Å². The van der Waals surface area contributed by atoms with E-state index in [4.69, 9.17) is 4.74 Å². The molecule has 1 saturated carbocycles. The fourth-order valence-corrected chi connectivity index (χ4v) is 4.69. The number of halogens is 1. The van der Waals surface area contributed by atoms with Gasteiger partial charge in [0.05, 0.1) is 23.7 Å². The summed E-state index contributed by atoms with van der Waals surface area (Å²) >= 11 is 0. The van der Waals surface area contributed by atoms with Crippen molar-refractivity contribution >= 4 is 5.78 Å². The second-order valence-electron chi connectivity index (χ2n) is 7.89. The van der Waals surface area contributed by atoms with Crippen molar-refractivity contribution in [1.29, 1.82) is 0 Å². The van der Waals surface area contributed by atoms with Crippen LogP contribution in [0.1, 0.15) is 60.9 Å². The van der Waals surface area contributed by atoms with Gasteiger partial charge in [-0.2, -0.15) is 0 Å². The van der Waals surface area contributed by atoms with Gasteiger partial charge in [-0.3, -0.25) is 4.79 Å². The molecule has 1 aliphatic carbocycles. The van der Waals surface area contributed by atoms with Crippen molar-refractivity contribution in [3.05, 3.63) is 47.5 Å². The second-order valence-corrected chi connectivity index (χ2v) is 7.89. The molecule has 4 unspecified atom stereocenters. The second kappa shape index (κ2) is 4.75. The fraction of sp³-hybridized carbons (Fsp3) is 0.526. The van der Waals surface area contributed by atoms with Crippen molar-refractivity contribution < 1.29 is 13.9 Å². The van der Waals surface area contributed by atoms with Crippen LogP contribution < -0.4 is 0 Å². The number of hydrogen-bond donors (Lipinski definition) is 0. The van der Waals surface area contributed by atoms with E-state index in [2.05, 4.69) is 10.1 Å². The number of nitrogens with zero attached hydrogens (tertiary/aromatic N) is 3. The van der Waals surface area contributed by atoms with Gasteiger partial charge in [0.25, 0.3) is 0 Å². The highest BCUT2D eigenvalue weighted by Gasteiger charge is 2.73. The number of carbonyl (C=O) groups is 1. The van der Waals surface area contributed by atoms with Crippen LogP contribution in [-0.2, 0) is 4.74 Å². The van der Waals surface area contributed by atoms with Crippen molar-refractivity contribution in [2.75, 3.05) is 6.61 Å². The standard InChI is InChI=1S/C19H20FN3O2/c1-18(2)19(9-12(19)10-25-18)15(24)16-21-17-13(20)8-14(23(17)22-16)11-6-4-3-5-7-11/h3-7,12-14H,8-10H2,1-2H3. The Morgan fingerprint density at radius 3 is 2.72 bits per heavy atom. The van der Waals surface area contributed by atoms with E-state index in [1.165, 1.54) is 0 Å². The molecule has 0 spiro atoms. The number of alkyl halides is 1. The molecular weight excluding hydrogens is 321 g/mol. The van der Waals surface area contributed by atoms with Crippen LogP contribution in [0, 0.1) is 11.3 Å². The lowest BCUT2D eigenvalue weighted by atomic mass is 9.83. The zero-order valence-electron chi connectivity index (χ0n) is 14.3. The first-order valence-corrected chi connectivity index (χ1v) is 8.78. The number of hydrogen-bond acceptors (Lipinski definition) is 4. The highest BCUT2D eigenvalue weighted by Crippen LogP contribution is 2.66. The molecule has 1 saturated heterocycles. The first kappa shape index (κ1) is 15.2. The average Bonchev–Trinajstić information content (AvgIpc) is 2.92. The quantitative estimate of drug-likeness (QED) is 0.804. The number of Topliss-reactive ketones (excluding diaryl/α,β-unsaturated/α-hetero) is 1. The van der Waals surface area contributed by atoms with E-state index in [0.717, 1.165) is 12.0 Å². The van der Waals surface area contributed by atoms with E-state index in [9.17, 15) is 9.18 Å². The lowest BCUT2D eigenvalue weighted by Crippen LogP contribution is -2.39. The van der Waals surface area contributed by atoms with Crippen LogP contribution in [0.4, 0.5) is 4.39 Å². The van der Waals surface area contributed by atoms with Crippen LogP contribution in [0.5, 0.6) is 0 Å². The Morgan fingerprint density at radius 1 is 1.32 bits per heavy atom. The van der Waals surface area contributed by atoms with Gasteiger partial charge in [-0.25, -0.2) is 14.1 Å². The van der Waals surface area contributed by atoms with Gasteiger partial charge >= 0.3 is 0 Å². The molecule has 25 heavy (non-hydrogen) atoms. The topological polar surface area (TPSA) is 57.0 Å². The molecule has 4 atom stereocenters. The minimum Gasteiger partial charge on any atom is -0.374 e. The maximum Gasteiger partial charge on any atom is 0.218 e. The van der Waals surface area contributed by atoms with Gasteiger partial charge in [-0.1, -0.05) is 30.3 Å². The zero-order chi connectivity index (χ0) is 17.4. The third kappa shape index (κ3) is 1.89. The number of aromatic nitrogens is 3. The molecule has 0 amide bonds. The van der Waals surface area contributed by atoms with Crippen LogP contribution in [-0.4, -0.2) is 32.8 Å². The summed E-state index contributed by atoms with van der Waals surface area (Å²) in [6, 6.07) is 9.49. The first-order chi connectivity index (χ1) is 11.9. The number of benzene rings is 1. The number of ether oxygens (including phenoxy) is 1. The Kier molecular flexibility index (Phi) is 2.89. The smallest absolute Gasteiger partial charge is 0.218 e. The lowest BCUT2D eigenvalue weighted by Gasteiger charge is -2.28. The third-order valence-corrected chi connectivity index (χ3v) is 6.28. The largest absolute Gasteiger partial charge is 0.374 e. The summed E-state index contributed by atoms with van der Waals surface area (Å²) in [5.74, 6) is 0.544. The summed E-state index contributed by atoms with van der Waals surface area (Å²) in [5.41, 5.74) is -0.0675. The Labute approximate surface area is 145 Å². The molecular formula is C19H20FN3O2. The number of rotatable bonds is 3. The maximum atomic E-state index is 14.5. The predicted molar refractivity (Wildman–Crippen MR) is 88.0 cm³/mol.